The first kappa shape index (κ1) is 14.1. The van der Waals surface area contributed by atoms with Gasteiger partial charge in [-0.2, -0.15) is 0 Å². The molecule has 0 saturated heterocycles. The molecule has 0 radical (unpaired) electrons. The third-order valence-electron chi connectivity index (χ3n) is 3.71. The Morgan fingerprint density at radius 2 is 1.73 bits per heavy atom. The first-order chi connectivity index (χ1) is 10.7. The third kappa shape index (κ3) is 2.53. The van der Waals surface area contributed by atoms with E-state index in [9.17, 15) is 9.90 Å². The molecule has 110 valence electrons. The average molecular weight is 291 g/mol. The minimum atomic E-state index is -0.116. The van der Waals surface area contributed by atoms with Crippen molar-refractivity contribution in [1.82, 2.24) is 0 Å². The Morgan fingerprint density at radius 3 is 2.50 bits per heavy atom. The van der Waals surface area contributed by atoms with E-state index in [2.05, 4.69) is 0 Å². The van der Waals surface area contributed by atoms with Crippen LogP contribution in [0, 0.1) is 0 Å². The van der Waals surface area contributed by atoms with Crippen LogP contribution in [0.25, 0.3) is 10.8 Å². The molecule has 0 aliphatic rings. The van der Waals surface area contributed by atoms with E-state index < -0.39 is 0 Å². The average Bonchev–Trinajstić information content (AvgIpc) is 2.55. The number of carbonyl (C=O) groups excluding carboxylic acids is 1. The van der Waals surface area contributed by atoms with Crippen LogP contribution in [-0.2, 0) is 0 Å². The molecule has 0 heterocycles. The van der Waals surface area contributed by atoms with E-state index in [1.165, 1.54) is 6.07 Å². The van der Waals surface area contributed by atoms with Gasteiger partial charge in [0.1, 0.15) is 5.75 Å². The summed E-state index contributed by atoms with van der Waals surface area (Å²) < 4.78 is 0. The Balaban J connectivity index is 2.08. The number of fused-ring (bicyclic) bond motifs is 1. The number of phenols is 1. The number of carbonyl (C=O) groups is 1. The maximum Gasteiger partial charge on any atom is 0.258 e. The van der Waals surface area contributed by atoms with E-state index >= 15 is 0 Å². The molecule has 0 bridgehead atoms. The number of benzene rings is 3. The van der Waals surface area contributed by atoms with E-state index in [0.29, 0.717) is 12.1 Å². The molecule has 0 spiro atoms. The second-order valence-electron chi connectivity index (χ2n) is 5.10. The summed E-state index contributed by atoms with van der Waals surface area (Å²) in [4.78, 5) is 14.5. The van der Waals surface area contributed by atoms with E-state index in [1.54, 1.807) is 23.1 Å². The first-order valence-electron chi connectivity index (χ1n) is 7.29. The van der Waals surface area contributed by atoms with Gasteiger partial charge in [-0.15, -0.1) is 0 Å². The fourth-order valence-corrected chi connectivity index (χ4v) is 2.66. The van der Waals surface area contributed by atoms with Gasteiger partial charge in [-0.1, -0.05) is 42.5 Å². The molecule has 22 heavy (non-hydrogen) atoms. The van der Waals surface area contributed by atoms with Crippen LogP contribution in [0.1, 0.15) is 17.3 Å². The van der Waals surface area contributed by atoms with Crippen molar-refractivity contribution in [3.63, 3.8) is 0 Å². The molecule has 0 unspecified atom stereocenters. The number of rotatable bonds is 3. The van der Waals surface area contributed by atoms with E-state index in [1.807, 2.05) is 49.4 Å². The van der Waals surface area contributed by atoms with Crippen LogP contribution < -0.4 is 4.90 Å². The fourth-order valence-electron chi connectivity index (χ4n) is 2.66. The van der Waals surface area contributed by atoms with Crippen LogP contribution in [-0.4, -0.2) is 17.6 Å². The summed E-state index contributed by atoms with van der Waals surface area (Å²) in [5.74, 6) is -0.0189. The second kappa shape index (κ2) is 5.90. The minimum Gasteiger partial charge on any atom is -0.508 e. The van der Waals surface area contributed by atoms with Crippen LogP contribution in [0.3, 0.4) is 0 Å². The van der Waals surface area contributed by atoms with Crippen molar-refractivity contribution >= 4 is 22.4 Å². The Kier molecular flexibility index (Phi) is 3.79. The zero-order chi connectivity index (χ0) is 15.5. The molecule has 3 heteroatoms. The molecule has 0 aliphatic heterocycles. The van der Waals surface area contributed by atoms with E-state index in [0.717, 1.165) is 16.5 Å². The lowest BCUT2D eigenvalue weighted by molar-refractivity contribution is 0.0988. The van der Waals surface area contributed by atoms with E-state index in [4.69, 9.17) is 0 Å². The Hall–Kier alpha value is -2.81. The summed E-state index contributed by atoms with van der Waals surface area (Å²) in [6, 6.07) is 20.4. The fraction of sp³-hybridized carbons (Fsp3) is 0.105. The number of hydrogen-bond acceptors (Lipinski definition) is 2. The molecule has 0 aliphatic carbocycles. The Morgan fingerprint density at radius 1 is 1.00 bits per heavy atom. The summed E-state index contributed by atoms with van der Waals surface area (Å²) in [6.45, 7) is 2.50. The molecule has 1 N–H and O–H groups in total. The van der Waals surface area contributed by atoms with Gasteiger partial charge in [0, 0.05) is 17.5 Å². The van der Waals surface area contributed by atoms with Crippen molar-refractivity contribution in [2.75, 3.05) is 11.4 Å². The monoisotopic (exact) mass is 291 g/mol. The zero-order valence-corrected chi connectivity index (χ0v) is 12.4. The number of anilines is 1. The normalized spacial score (nSPS) is 10.6. The second-order valence-corrected chi connectivity index (χ2v) is 5.10. The van der Waals surface area contributed by atoms with Gasteiger partial charge in [0.25, 0.3) is 5.91 Å². The smallest absolute Gasteiger partial charge is 0.258 e. The highest BCUT2D eigenvalue weighted by Gasteiger charge is 2.18. The van der Waals surface area contributed by atoms with Crippen LogP contribution in [0.5, 0.6) is 5.75 Å². The number of phenolic OH excluding ortho intramolecular Hbond substituents is 1. The van der Waals surface area contributed by atoms with Crippen molar-refractivity contribution in [1.29, 1.82) is 0 Å². The minimum absolute atomic E-state index is 0.0971. The van der Waals surface area contributed by atoms with Gasteiger partial charge in [0.05, 0.1) is 5.69 Å². The number of hydrogen-bond donors (Lipinski definition) is 1. The van der Waals surface area contributed by atoms with Crippen LogP contribution >= 0.6 is 0 Å². The van der Waals surface area contributed by atoms with Crippen molar-refractivity contribution in [2.24, 2.45) is 0 Å². The lowest BCUT2D eigenvalue weighted by atomic mass is 10.1. The van der Waals surface area contributed by atoms with Crippen molar-refractivity contribution in [2.45, 2.75) is 6.92 Å². The molecule has 3 aromatic carbocycles. The van der Waals surface area contributed by atoms with Gasteiger partial charge in [-0.3, -0.25) is 4.79 Å². The quantitative estimate of drug-likeness (QED) is 0.785. The maximum absolute atomic E-state index is 12.8. The first-order valence-corrected chi connectivity index (χ1v) is 7.29. The topological polar surface area (TPSA) is 40.5 Å². The highest BCUT2D eigenvalue weighted by atomic mass is 16.3. The van der Waals surface area contributed by atoms with Crippen LogP contribution in [0.2, 0.25) is 0 Å². The summed E-state index contributed by atoms with van der Waals surface area (Å²) in [5, 5.41) is 11.7. The van der Waals surface area contributed by atoms with E-state index in [-0.39, 0.29) is 11.7 Å². The summed E-state index contributed by atoms with van der Waals surface area (Å²) in [6.07, 6.45) is 0. The molecular formula is C19H17NO2. The van der Waals surface area contributed by atoms with Gasteiger partial charge in [0.2, 0.25) is 0 Å². The van der Waals surface area contributed by atoms with Crippen LogP contribution in [0.4, 0.5) is 5.69 Å². The van der Waals surface area contributed by atoms with Crippen LogP contribution in [0.15, 0.2) is 66.7 Å². The van der Waals surface area contributed by atoms with Gasteiger partial charge in [-0.25, -0.2) is 0 Å². The standard InChI is InChI=1S/C19H17NO2/c1-2-20(19(22)15-9-5-10-16(21)13-15)18-12-6-8-14-7-3-4-11-17(14)18/h3-13,21H,2H2,1H3. The summed E-state index contributed by atoms with van der Waals surface area (Å²) in [7, 11) is 0. The van der Waals surface area contributed by atoms with Gasteiger partial charge in [0.15, 0.2) is 0 Å². The molecule has 0 saturated carbocycles. The highest BCUT2D eigenvalue weighted by Crippen LogP contribution is 2.28. The number of nitrogens with zero attached hydrogens (tertiary/aromatic N) is 1. The Labute approximate surface area is 129 Å². The third-order valence-corrected chi connectivity index (χ3v) is 3.71. The molecule has 3 nitrogen and oxygen atoms in total. The molecular weight excluding hydrogens is 274 g/mol. The summed E-state index contributed by atoms with van der Waals surface area (Å²) >= 11 is 0. The largest absolute Gasteiger partial charge is 0.508 e. The maximum atomic E-state index is 12.8. The van der Waals surface area contributed by atoms with Gasteiger partial charge >= 0.3 is 0 Å². The highest BCUT2D eigenvalue weighted by molar-refractivity contribution is 6.10. The van der Waals surface area contributed by atoms with Crippen molar-refractivity contribution < 1.29 is 9.90 Å². The van der Waals surface area contributed by atoms with Gasteiger partial charge < -0.3 is 10.0 Å². The van der Waals surface area contributed by atoms with Crippen molar-refractivity contribution in [3.05, 3.63) is 72.3 Å². The lowest BCUT2D eigenvalue weighted by Gasteiger charge is -2.23. The number of amides is 1. The molecule has 3 aromatic rings. The molecule has 0 fully saturated rings. The van der Waals surface area contributed by atoms with Crippen molar-refractivity contribution in [3.8, 4) is 5.75 Å². The Bertz CT molecular complexity index is 821. The molecule has 0 atom stereocenters. The molecule has 0 aromatic heterocycles. The SMILES string of the molecule is CCN(C(=O)c1cccc(O)c1)c1cccc2ccccc12. The predicted molar refractivity (Wildman–Crippen MR) is 89.4 cm³/mol. The number of aromatic hydroxyl groups is 1. The summed E-state index contributed by atoms with van der Waals surface area (Å²) in [5.41, 5.74) is 1.36. The molecule has 3 rings (SSSR count). The predicted octanol–water partition coefficient (Wildman–Crippen LogP) is 4.21. The lowest BCUT2D eigenvalue weighted by Crippen LogP contribution is -2.30. The molecule has 1 amide bonds. The zero-order valence-electron chi connectivity index (χ0n) is 12.4. The van der Waals surface area contributed by atoms with Gasteiger partial charge in [-0.05, 0) is 36.6 Å².